The molecule has 0 heterocycles. The molecule has 10 heteroatoms. The molecule has 0 aromatic carbocycles. The van der Waals surface area contributed by atoms with Crippen molar-refractivity contribution >= 4 is 24.3 Å². The lowest BCUT2D eigenvalue weighted by atomic mass is 10.1. The summed E-state index contributed by atoms with van der Waals surface area (Å²) in [5.41, 5.74) is 4.39. The molecule has 0 aliphatic heterocycles. The zero-order valence-electron chi connectivity index (χ0n) is 18.7. The maximum Gasteiger partial charge on any atom is 0.329 e. The average Bonchev–Trinajstić information content (AvgIpc) is 2.62. The molecule has 0 aliphatic carbocycles. The van der Waals surface area contributed by atoms with Crippen LogP contribution in [0.1, 0.15) is 66.7 Å². The summed E-state index contributed by atoms with van der Waals surface area (Å²) < 4.78 is 10.9. The molecule has 0 saturated carbocycles. The molecule has 0 aromatic rings. The zero-order valence-corrected chi connectivity index (χ0v) is 18.7. The van der Waals surface area contributed by atoms with E-state index >= 15 is 0 Å². The fourth-order valence-corrected chi connectivity index (χ4v) is 2.31. The van der Waals surface area contributed by atoms with Crippen LogP contribution < -0.4 is 16.4 Å². The smallest absolute Gasteiger partial charge is 0.329 e. The fourth-order valence-electron chi connectivity index (χ4n) is 2.31. The molecule has 5 N–H and O–H groups in total. The van der Waals surface area contributed by atoms with Crippen LogP contribution in [0.4, 0.5) is 4.79 Å². The average molecular weight is 432 g/mol. The van der Waals surface area contributed by atoms with Crippen LogP contribution in [0.5, 0.6) is 0 Å². The molecular weight excluding hydrogens is 394 g/mol. The number of ether oxygens (including phenoxy) is 2. The molecule has 0 aromatic heterocycles. The van der Waals surface area contributed by atoms with Gasteiger partial charge in [0.15, 0.2) is 0 Å². The minimum absolute atomic E-state index is 0.127. The van der Waals surface area contributed by atoms with Gasteiger partial charge in [0.2, 0.25) is 0 Å². The van der Waals surface area contributed by atoms with Crippen molar-refractivity contribution in [3.63, 3.8) is 0 Å². The zero-order chi connectivity index (χ0) is 23.4. The lowest BCUT2D eigenvalue weighted by Gasteiger charge is -2.25. The first-order valence-electron chi connectivity index (χ1n) is 10.1. The highest BCUT2D eigenvalue weighted by Gasteiger charge is 2.27. The van der Waals surface area contributed by atoms with E-state index in [1.54, 1.807) is 20.8 Å². The Morgan fingerprint density at radius 2 is 1.70 bits per heavy atom. The molecule has 10 nitrogen and oxygen atoms in total. The Balaban J connectivity index is 4.61. The lowest BCUT2D eigenvalue weighted by molar-refractivity contribution is -0.157. The number of hydrogen-bond donors (Lipinski definition) is 4. The Hall–Kier alpha value is -2.20. The van der Waals surface area contributed by atoms with Crippen LogP contribution in [0.25, 0.3) is 0 Å². The Morgan fingerprint density at radius 3 is 2.20 bits per heavy atom. The number of carbonyl (C=O) groups is 4. The first-order chi connectivity index (χ1) is 13.8. The van der Waals surface area contributed by atoms with Crippen molar-refractivity contribution in [1.82, 2.24) is 10.6 Å². The van der Waals surface area contributed by atoms with Gasteiger partial charge in [-0.1, -0.05) is 0 Å². The van der Waals surface area contributed by atoms with Crippen LogP contribution in [0.3, 0.4) is 0 Å². The Labute approximate surface area is 178 Å². The van der Waals surface area contributed by atoms with E-state index in [9.17, 15) is 19.2 Å². The van der Waals surface area contributed by atoms with Gasteiger partial charge in [-0.15, -0.1) is 0 Å². The van der Waals surface area contributed by atoms with Crippen molar-refractivity contribution in [2.24, 2.45) is 5.73 Å². The number of nitrogens with one attached hydrogen (secondary N) is 2. The van der Waals surface area contributed by atoms with Crippen LogP contribution >= 0.6 is 0 Å². The number of aliphatic carboxylic acids is 1. The number of carboxylic acid groups (broad SMARTS) is 1. The van der Waals surface area contributed by atoms with Crippen LogP contribution in [0.2, 0.25) is 0 Å². The largest absolute Gasteiger partial charge is 0.481 e. The van der Waals surface area contributed by atoms with E-state index < -0.39 is 41.3 Å². The number of amides is 2. The predicted octanol–water partition coefficient (Wildman–Crippen LogP) is 1.35. The van der Waals surface area contributed by atoms with Gasteiger partial charge in [-0.3, -0.25) is 4.79 Å². The van der Waals surface area contributed by atoms with Crippen molar-refractivity contribution in [1.29, 1.82) is 0 Å². The topological polar surface area (TPSA) is 157 Å². The number of hydrogen-bond acceptors (Lipinski definition) is 7. The van der Waals surface area contributed by atoms with E-state index in [2.05, 4.69) is 10.6 Å². The summed E-state index contributed by atoms with van der Waals surface area (Å²) in [5.74, 6) is -1.84. The van der Waals surface area contributed by atoms with E-state index in [1.165, 1.54) is 0 Å². The molecule has 0 bridgehead atoms. The molecule has 2 amide bonds. The molecule has 0 saturated heterocycles. The molecule has 0 fully saturated rings. The number of urea groups is 1. The second-order valence-electron chi connectivity index (χ2n) is 8.69. The van der Waals surface area contributed by atoms with Crippen molar-refractivity contribution in [3.05, 3.63) is 0 Å². The Kier molecular flexibility index (Phi) is 12.2. The third-order valence-corrected chi connectivity index (χ3v) is 4.02. The predicted molar refractivity (Wildman–Crippen MR) is 111 cm³/mol. The van der Waals surface area contributed by atoms with E-state index in [0.29, 0.717) is 38.7 Å². The van der Waals surface area contributed by atoms with E-state index in [-0.39, 0.29) is 12.8 Å². The van der Waals surface area contributed by atoms with Crippen molar-refractivity contribution in [2.75, 3.05) is 13.2 Å². The maximum absolute atomic E-state index is 12.3. The molecule has 174 valence electrons. The quantitative estimate of drug-likeness (QED) is 0.182. The Morgan fingerprint density at radius 1 is 1.07 bits per heavy atom. The summed E-state index contributed by atoms with van der Waals surface area (Å²) in [6.07, 6.45) is 1.90. The monoisotopic (exact) mass is 431 g/mol. The van der Waals surface area contributed by atoms with Gasteiger partial charge in [-0.05, 0) is 60.3 Å². The molecule has 0 spiro atoms. The van der Waals surface area contributed by atoms with E-state index in [0.717, 1.165) is 0 Å². The van der Waals surface area contributed by atoms with Gasteiger partial charge < -0.3 is 35.7 Å². The highest BCUT2D eigenvalue weighted by atomic mass is 16.6. The van der Waals surface area contributed by atoms with Gasteiger partial charge in [0.25, 0.3) is 0 Å². The van der Waals surface area contributed by atoms with E-state index in [4.69, 9.17) is 20.3 Å². The number of unbranched alkanes of at least 4 members (excludes halogenated alkanes) is 1. The minimum Gasteiger partial charge on any atom is -0.481 e. The van der Waals surface area contributed by atoms with Crippen LogP contribution in [0.15, 0.2) is 0 Å². The summed E-state index contributed by atoms with van der Waals surface area (Å²) in [6.45, 7) is 9.65. The summed E-state index contributed by atoms with van der Waals surface area (Å²) in [4.78, 5) is 46.6. The number of aldehydes is 1. The molecule has 0 aliphatic rings. The molecule has 30 heavy (non-hydrogen) atoms. The van der Waals surface area contributed by atoms with Crippen molar-refractivity contribution in [2.45, 2.75) is 90.0 Å². The third kappa shape index (κ3) is 13.9. The van der Waals surface area contributed by atoms with Crippen LogP contribution in [0, 0.1) is 0 Å². The minimum atomic E-state index is -1.14. The van der Waals surface area contributed by atoms with Gasteiger partial charge in [0.05, 0.1) is 11.6 Å². The molecule has 0 rings (SSSR count). The molecular formula is C20H37N3O7. The van der Waals surface area contributed by atoms with E-state index in [1.807, 2.05) is 13.8 Å². The lowest BCUT2D eigenvalue weighted by Crippen LogP contribution is -2.51. The molecule has 0 unspecified atom stereocenters. The second kappa shape index (κ2) is 13.2. The summed E-state index contributed by atoms with van der Waals surface area (Å²) in [6, 6.07) is -2.63. The van der Waals surface area contributed by atoms with Gasteiger partial charge in [-0.2, -0.15) is 0 Å². The molecule has 2 atom stereocenters. The van der Waals surface area contributed by atoms with Crippen LogP contribution in [-0.4, -0.2) is 65.8 Å². The number of nitrogens with two attached hydrogens (primary N) is 1. The number of carbonyl (C=O) groups excluding carboxylic acids is 3. The SMILES string of the molecule is CC(C)(C)OC(=O)[C@H](CCC(=O)O)NC(=O)N[C@H](C=O)CCCCOC(C)(C)CN. The fraction of sp³-hybridized carbons (Fsp3) is 0.800. The highest BCUT2D eigenvalue weighted by Crippen LogP contribution is 2.11. The highest BCUT2D eigenvalue weighted by molar-refractivity contribution is 5.85. The maximum atomic E-state index is 12.3. The van der Waals surface area contributed by atoms with Crippen LogP contribution in [-0.2, 0) is 23.9 Å². The summed E-state index contributed by atoms with van der Waals surface area (Å²) >= 11 is 0. The Bertz CT molecular complexity index is 573. The van der Waals surface area contributed by atoms with Crippen molar-refractivity contribution in [3.8, 4) is 0 Å². The van der Waals surface area contributed by atoms with Gasteiger partial charge in [0, 0.05) is 19.6 Å². The third-order valence-electron chi connectivity index (χ3n) is 4.02. The number of esters is 1. The summed E-state index contributed by atoms with van der Waals surface area (Å²) in [7, 11) is 0. The summed E-state index contributed by atoms with van der Waals surface area (Å²) in [5, 5.41) is 13.7. The second-order valence-corrected chi connectivity index (χ2v) is 8.69. The van der Waals surface area contributed by atoms with Crippen molar-refractivity contribution < 1.29 is 33.8 Å². The number of carboxylic acids is 1. The molecule has 0 radical (unpaired) electrons. The number of rotatable bonds is 14. The van der Waals surface area contributed by atoms with Gasteiger partial charge in [0.1, 0.15) is 17.9 Å². The first kappa shape index (κ1) is 27.8. The van der Waals surface area contributed by atoms with Gasteiger partial charge >= 0.3 is 18.0 Å². The normalized spacial score (nSPS) is 13.8. The van der Waals surface area contributed by atoms with Gasteiger partial charge in [-0.25, -0.2) is 9.59 Å². The first-order valence-corrected chi connectivity index (χ1v) is 10.1. The standard InChI is InChI=1S/C20H37N3O7/c1-19(2,3)30-17(27)15(9-10-16(25)26)23-18(28)22-14(12-24)8-6-7-11-29-20(4,5)13-21/h12,14-15H,6-11,13,21H2,1-5H3,(H,25,26)(H2,22,23,28)/t14-,15-/m0/s1.